The average Bonchev–Trinajstić information content (AvgIpc) is 2.64. The fraction of sp³-hybridized carbons (Fsp3) is 0.273. The van der Waals surface area contributed by atoms with Gasteiger partial charge in [0, 0.05) is 6.20 Å². The van der Waals surface area contributed by atoms with Crippen molar-refractivity contribution in [2.24, 2.45) is 0 Å². The van der Waals surface area contributed by atoms with Gasteiger partial charge in [-0.05, 0) is 46.7 Å². The van der Waals surface area contributed by atoms with E-state index in [1.165, 1.54) is 0 Å². The van der Waals surface area contributed by atoms with E-state index >= 15 is 0 Å². The summed E-state index contributed by atoms with van der Waals surface area (Å²) < 4.78 is 2.74. The highest BCUT2D eigenvalue weighted by atomic mass is 127. The summed E-state index contributed by atoms with van der Waals surface area (Å²) in [6.07, 6.45) is 1.80. The summed E-state index contributed by atoms with van der Waals surface area (Å²) in [6, 6.07) is 5.83. The van der Waals surface area contributed by atoms with Crippen LogP contribution in [-0.2, 0) is 0 Å². The van der Waals surface area contributed by atoms with Crippen LogP contribution in [0, 0.1) is 2.88 Å². The van der Waals surface area contributed by atoms with Crippen LogP contribution >= 0.6 is 33.9 Å². The molecule has 0 saturated heterocycles. The minimum atomic E-state index is -0.204. The molecule has 0 fully saturated rings. The van der Waals surface area contributed by atoms with Crippen LogP contribution in [0.1, 0.15) is 25.5 Å². The van der Waals surface area contributed by atoms with Gasteiger partial charge in [0.25, 0.3) is 0 Å². The molecule has 0 spiro atoms. The third-order valence-corrected chi connectivity index (χ3v) is 4.11. The van der Waals surface area contributed by atoms with Crippen molar-refractivity contribution in [2.75, 3.05) is 0 Å². The second-order valence-corrected chi connectivity index (χ2v) is 6.69. The summed E-state index contributed by atoms with van der Waals surface area (Å²) in [5.41, 5.74) is 0.636. The Bertz CT molecular complexity index is 559. The second kappa shape index (κ2) is 4.67. The fourth-order valence-electron chi connectivity index (χ4n) is 1.34. The van der Waals surface area contributed by atoms with Crippen molar-refractivity contribution in [2.45, 2.75) is 19.8 Å². The van der Waals surface area contributed by atoms with Crippen molar-refractivity contribution >= 4 is 33.9 Å². The van der Waals surface area contributed by atoms with Crippen molar-refractivity contribution in [1.82, 2.24) is 9.55 Å². The Hall–Kier alpha value is -0.690. The van der Waals surface area contributed by atoms with E-state index in [-0.39, 0.29) is 11.6 Å². The molecular formula is C11H11IN2OS. The summed E-state index contributed by atoms with van der Waals surface area (Å²) in [5, 5.41) is 0.914. The van der Waals surface area contributed by atoms with Crippen LogP contribution in [0.2, 0.25) is 0 Å². The van der Waals surface area contributed by atoms with Crippen molar-refractivity contribution in [1.29, 1.82) is 0 Å². The Morgan fingerprint density at radius 2 is 2.12 bits per heavy atom. The van der Waals surface area contributed by atoms with Gasteiger partial charge in [0.2, 0.25) is 0 Å². The fourth-order valence-corrected chi connectivity index (χ4v) is 2.91. The van der Waals surface area contributed by atoms with Gasteiger partial charge in [0.05, 0.1) is 8.58 Å². The van der Waals surface area contributed by atoms with E-state index in [2.05, 4.69) is 27.6 Å². The molecule has 0 unspecified atom stereocenters. The molecule has 84 valence electrons. The molecule has 0 atom stereocenters. The molecule has 5 heteroatoms. The maximum Gasteiger partial charge on any atom is 0.353 e. The van der Waals surface area contributed by atoms with Gasteiger partial charge < -0.3 is 0 Å². The normalized spacial score (nSPS) is 11.0. The van der Waals surface area contributed by atoms with E-state index in [1.54, 1.807) is 22.1 Å². The number of halogens is 1. The van der Waals surface area contributed by atoms with Gasteiger partial charge in [0.15, 0.2) is 0 Å². The van der Waals surface area contributed by atoms with Gasteiger partial charge in [-0.25, -0.2) is 4.79 Å². The molecule has 0 aliphatic carbocycles. The molecule has 0 aliphatic rings. The number of hydrogen-bond acceptors (Lipinski definition) is 3. The van der Waals surface area contributed by atoms with Crippen molar-refractivity contribution in [3.05, 3.63) is 43.5 Å². The van der Waals surface area contributed by atoms with Crippen LogP contribution in [-0.4, -0.2) is 9.55 Å². The van der Waals surface area contributed by atoms with E-state index in [1.807, 2.05) is 32.0 Å². The molecule has 0 amide bonds. The number of nitrogens with zero attached hydrogens (tertiary/aromatic N) is 2. The average molecular weight is 346 g/mol. The van der Waals surface area contributed by atoms with E-state index in [0.717, 1.165) is 13.6 Å². The van der Waals surface area contributed by atoms with Crippen LogP contribution in [0.4, 0.5) is 0 Å². The first-order valence-corrected chi connectivity index (χ1v) is 6.83. The van der Waals surface area contributed by atoms with Gasteiger partial charge in [-0.3, -0.25) is 4.57 Å². The SMILES string of the molecule is CC(C)c1ccn(-c2ccc(I)s2)c(=O)n1. The highest BCUT2D eigenvalue weighted by Crippen LogP contribution is 2.21. The topological polar surface area (TPSA) is 34.9 Å². The molecular weight excluding hydrogens is 335 g/mol. The van der Waals surface area contributed by atoms with Gasteiger partial charge in [-0.1, -0.05) is 13.8 Å². The highest BCUT2D eigenvalue weighted by Gasteiger charge is 2.06. The van der Waals surface area contributed by atoms with Crippen molar-refractivity contribution in [3.8, 4) is 5.00 Å². The van der Waals surface area contributed by atoms with Crippen molar-refractivity contribution in [3.63, 3.8) is 0 Å². The number of aromatic nitrogens is 2. The first-order chi connectivity index (χ1) is 7.58. The second-order valence-electron chi connectivity index (χ2n) is 3.74. The number of thiophene rings is 1. The van der Waals surface area contributed by atoms with Crippen LogP contribution in [0.5, 0.6) is 0 Å². The lowest BCUT2D eigenvalue weighted by atomic mass is 10.1. The molecule has 2 aromatic rings. The van der Waals surface area contributed by atoms with Gasteiger partial charge in [-0.15, -0.1) is 11.3 Å². The summed E-state index contributed by atoms with van der Waals surface area (Å²) in [6.45, 7) is 4.06. The largest absolute Gasteiger partial charge is 0.353 e. The van der Waals surface area contributed by atoms with Crippen LogP contribution in [0.25, 0.3) is 5.00 Å². The standard InChI is InChI=1S/C11H11IN2OS/c1-7(2)8-5-6-14(11(15)13-8)10-4-3-9(12)16-10/h3-7H,1-2H3. The Morgan fingerprint density at radius 1 is 1.38 bits per heavy atom. The zero-order valence-electron chi connectivity index (χ0n) is 8.98. The number of rotatable bonds is 2. The molecule has 3 nitrogen and oxygen atoms in total. The Balaban J connectivity index is 2.48. The summed E-state index contributed by atoms with van der Waals surface area (Å²) in [4.78, 5) is 15.9. The Morgan fingerprint density at radius 3 is 2.62 bits per heavy atom. The molecule has 0 aromatic carbocycles. The van der Waals surface area contributed by atoms with E-state index in [4.69, 9.17) is 0 Å². The summed E-state index contributed by atoms with van der Waals surface area (Å²) in [5.74, 6) is 0.283. The monoisotopic (exact) mass is 346 g/mol. The third-order valence-electron chi connectivity index (χ3n) is 2.21. The first kappa shape index (κ1) is 11.8. The molecule has 0 aliphatic heterocycles. The predicted octanol–water partition coefficient (Wildman–Crippen LogP) is 3.02. The molecule has 2 aromatic heterocycles. The zero-order chi connectivity index (χ0) is 11.7. The van der Waals surface area contributed by atoms with Gasteiger partial charge in [0.1, 0.15) is 5.00 Å². The lowest BCUT2D eigenvalue weighted by Crippen LogP contribution is -2.21. The summed E-state index contributed by atoms with van der Waals surface area (Å²) in [7, 11) is 0. The highest BCUT2D eigenvalue weighted by molar-refractivity contribution is 14.1. The van der Waals surface area contributed by atoms with Gasteiger partial charge in [-0.2, -0.15) is 4.98 Å². The lowest BCUT2D eigenvalue weighted by molar-refractivity contribution is 0.781. The first-order valence-electron chi connectivity index (χ1n) is 4.93. The van der Waals surface area contributed by atoms with Crippen molar-refractivity contribution < 1.29 is 0 Å². The third kappa shape index (κ3) is 2.35. The molecule has 0 N–H and O–H groups in total. The Labute approximate surface area is 111 Å². The lowest BCUT2D eigenvalue weighted by Gasteiger charge is -2.05. The zero-order valence-corrected chi connectivity index (χ0v) is 11.9. The molecule has 0 bridgehead atoms. The Kier molecular flexibility index (Phi) is 3.44. The minimum absolute atomic E-state index is 0.204. The molecule has 2 rings (SSSR count). The van der Waals surface area contributed by atoms with Crippen LogP contribution in [0.15, 0.2) is 29.2 Å². The molecule has 2 heterocycles. The molecule has 0 saturated carbocycles. The van der Waals surface area contributed by atoms with Gasteiger partial charge >= 0.3 is 5.69 Å². The quantitative estimate of drug-likeness (QED) is 0.784. The van der Waals surface area contributed by atoms with Crippen LogP contribution < -0.4 is 5.69 Å². The summed E-state index contributed by atoms with van der Waals surface area (Å²) >= 11 is 3.82. The van der Waals surface area contributed by atoms with Crippen LogP contribution in [0.3, 0.4) is 0 Å². The van der Waals surface area contributed by atoms with E-state index in [0.29, 0.717) is 0 Å². The smallest absolute Gasteiger partial charge is 0.259 e. The van der Waals surface area contributed by atoms with E-state index in [9.17, 15) is 4.79 Å². The maximum atomic E-state index is 11.8. The predicted molar refractivity (Wildman–Crippen MR) is 74.5 cm³/mol. The molecule has 16 heavy (non-hydrogen) atoms. The molecule has 0 radical (unpaired) electrons. The minimum Gasteiger partial charge on any atom is -0.259 e. The van der Waals surface area contributed by atoms with E-state index < -0.39 is 0 Å². The number of hydrogen-bond donors (Lipinski definition) is 0. The maximum absolute atomic E-state index is 11.8.